The van der Waals surface area contributed by atoms with Crippen LogP contribution in [0.3, 0.4) is 0 Å². The Kier molecular flexibility index (Phi) is 6.57. The van der Waals surface area contributed by atoms with Crippen LogP contribution in [0.5, 0.6) is 11.5 Å². The second kappa shape index (κ2) is 8.93. The Morgan fingerprint density at radius 1 is 1.18 bits per heavy atom. The van der Waals surface area contributed by atoms with E-state index in [4.69, 9.17) is 26.8 Å². The number of hydrogen-bond donors (Lipinski definition) is 2. The quantitative estimate of drug-likeness (QED) is 0.668. The Balaban J connectivity index is 1.97. The van der Waals surface area contributed by atoms with Crippen LogP contribution in [-0.4, -0.2) is 32.2 Å². The SMILES string of the molecule is COc1ccc(C2CNc3c(N)cc(Cl)cc3CN2CCC(C)C)cc1OC. The van der Waals surface area contributed by atoms with E-state index in [2.05, 4.69) is 36.2 Å². The molecule has 0 fully saturated rings. The van der Waals surface area contributed by atoms with Crippen LogP contribution in [0.1, 0.15) is 37.4 Å². The highest BCUT2D eigenvalue weighted by Crippen LogP contribution is 2.37. The van der Waals surface area contributed by atoms with E-state index in [0.717, 1.165) is 48.8 Å². The van der Waals surface area contributed by atoms with Crippen molar-refractivity contribution in [3.63, 3.8) is 0 Å². The summed E-state index contributed by atoms with van der Waals surface area (Å²) in [4.78, 5) is 2.50. The fraction of sp³-hybridized carbons (Fsp3) is 0.455. The normalized spacial score (nSPS) is 17.0. The molecule has 0 aliphatic carbocycles. The minimum atomic E-state index is 0.184. The molecule has 152 valence electrons. The van der Waals surface area contributed by atoms with Gasteiger partial charge in [-0.05, 0) is 54.3 Å². The first kappa shape index (κ1) is 20.6. The number of halogens is 1. The molecule has 2 aromatic carbocycles. The lowest BCUT2D eigenvalue weighted by Gasteiger charge is -2.31. The number of nitrogen functional groups attached to an aromatic ring is 1. The summed E-state index contributed by atoms with van der Waals surface area (Å²) in [6.45, 7) is 7.05. The summed E-state index contributed by atoms with van der Waals surface area (Å²) in [5, 5.41) is 4.23. The van der Waals surface area contributed by atoms with Gasteiger partial charge in [0.1, 0.15) is 0 Å². The highest BCUT2D eigenvalue weighted by atomic mass is 35.5. The van der Waals surface area contributed by atoms with Gasteiger partial charge in [-0.15, -0.1) is 0 Å². The van der Waals surface area contributed by atoms with E-state index in [0.29, 0.717) is 16.6 Å². The fourth-order valence-corrected chi connectivity index (χ4v) is 3.98. The Labute approximate surface area is 172 Å². The molecule has 3 N–H and O–H groups in total. The second-order valence-corrected chi connectivity index (χ2v) is 8.13. The van der Waals surface area contributed by atoms with Gasteiger partial charge in [0.25, 0.3) is 0 Å². The van der Waals surface area contributed by atoms with Crippen LogP contribution in [0.2, 0.25) is 5.02 Å². The van der Waals surface area contributed by atoms with E-state index in [1.165, 1.54) is 5.56 Å². The van der Waals surface area contributed by atoms with Gasteiger partial charge in [-0.2, -0.15) is 0 Å². The van der Waals surface area contributed by atoms with E-state index >= 15 is 0 Å². The molecular formula is C22H30ClN3O2. The van der Waals surface area contributed by atoms with Crippen LogP contribution >= 0.6 is 11.6 Å². The van der Waals surface area contributed by atoms with Crippen molar-refractivity contribution >= 4 is 23.0 Å². The molecule has 1 aliphatic heterocycles. The molecule has 6 heteroatoms. The molecule has 28 heavy (non-hydrogen) atoms. The number of nitrogens with one attached hydrogen (secondary N) is 1. The molecule has 0 aromatic heterocycles. The minimum Gasteiger partial charge on any atom is -0.493 e. The summed E-state index contributed by atoms with van der Waals surface area (Å²) in [6, 6.07) is 10.2. The lowest BCUT2D eigenvalue weighted by atomic mass is 10.0. The number of hydrogen-bond acceptors (Lipinski definition) is 5. The van der Waals surface area contributed by atoms with Crippen LogP contribution < -0.4 is 20.5 Å². The third-order valence-electron chi connectivity index (χ3n) is 5.29. The third-order valence-corrected chi connectivity index (χ3v) is 5.51. The molecule has 3 rings (SSSR count). The van der Waals surface area contributed by atoms with Crippen molar-refractivity contribution in [2.24, 2.45) is 5.92 Å². The number of rotatable bonds is 6. The van der Waals surface area contributed by atoms with Crippen molar-refractivity contribution < 1.29 is 9.47 Å². The molecule has 0 spiro atoms. The summed E-state index contributed by atoms with van der Waals surface area (Å²) in [5.41, 5.74) is 10.2. The monoisotopic (exact) mass is 403 g/mol. The molecule has 1 aliphatic rings. The molecule has 1 atom stereocenters. The molecule has 1 unspecified atom stereocenters. The summed E-state index contributed by atoms with van der Waals surface area (Å²) >= 11 is 6.28. The van der Waals surface area contributed by atoms with Gasteiger partial charge in [0, 0.05) is 18.1 Å². The van der Waals surface area contributed by atoms with Gasteiger partial charge in [0.2, 0.25) is 0 Å². The number of methoxy groups -OCH3 is 2. The number of ether oxygens (including phenoxy) is 2. The van der Waals surface area contributed by atoms with Crippen molar-refractivity contribution in [3.8, 4) is 11.5 Å². The third kappa shape index (κ3) is 4.47. The molecule has 0 saturated heterocycles. The number of nitrogens with zero attached hydrogens (tertiary/aromatic N) is 1. The van der Waals surface area contributed by atoms with Gasteiger partial charge in [-0.3, -0.25) is 4.90 Å². The zero-order valence-electron chi connectivity index (χ0n) is 17.1. The standard InChI is InChI=1S/C22H30ClN3O2/c1-14(2)7-8-26-13-16-9-17(23)11-18(24)22(16)25-12-19(26)15-5-6-20(27-3)21(10-15)28-4/h5-6,9-11,14,19,25H,7-8,12-13,24H2,1-4H3. The van der Waals surface area contributed by atoms with Gasteiger partial charge < -0.3 is 20.5 Å². The highest BCUT2D eigenvalue weighted by Gasteiger charge is 2.27. The average molecular weight is 404 g/mol. The molecular weight excluding hydrogens is 374 g/mol. The summed E-state index contributed by atoms with van der Waals surface area (Å²) in [6.07, 6.45) is 1.12. The van der Waals surface area contributed by atoms with Gasteiger partial charge in [-0.1, -0.05) is 31.5 Å². The van der Waals surface area contributed by atoms with Crippen molar-refractivity contribution in [1.82, 2.24) is 4.90 Å². The molecule has 5 nitrogen and oxygen atoms in total. The van der Waals surface area contributed by atoms with E-state index in [9.17, 15) is 0 Å². The maximum Gasteiger partial charge on any atom is 0.161 e. The molecule has 2 aromatic rings. The van der Waals surface area contributed by atoms with E-state index < -0.39 is 0 Å². The molecule has 0 radical (unpaired) electrons. The zero-order chi connectivity index (χ0) is 20.3. The molecule has 0 saturated carbocycles. The van der Waals surface area contributed by atoms with Gasteiger partial charge in [0.15, 0.2) is 11.5 Å². The van der Waals surface area contributed by atoms with Gasteiger partial charge >= 0.3 is 0 Å². The average Bonchev–Trinajstić information content (AvgIpc) is 2.85. The first-order valence-corrected chi connectivity index (χ1v) is 10.1. The first-order chi connectivity index (χ1) is 13.4. The summed E-state index contributed by atoms with van der Waals surface area (Å²) in [5.74, 6) is 2.11. The lowest BCUT2D eigenvalue weighted by Crippen LogP contribution is -2.32. The minimum absolute atomic E-state index is 0.184. The van der Waals surface area contributed by atoms with Gasteiger partial charge in [-0.25, -0.2) is 0 Å². The molecule has 1 heterocycles. The van der Waals surface area contributed by atoms with Crippen LogP contribution in [0.25, 0.3) is 0 Å². The summed E-state index contributed by atoms with van der Waals surface area (Å²) < 4.78 is 10.9. The Morgan fingerprint density at radius 3 is 2.61 bits per heavy atom. The maximum atomic E-state index is 6.28. The van der Waals surface area contributed by atoms with Crippen molar-refractivity contribution in [2.75, 3.05) is 38.4 Å². The number of anilines is 2. The maximum absolute atomic E-state index is 6.28. The van der Waals surface area contributed by atoms with E-state index in [1.807, 2.05) is 18.2 Å². The largest absolute Gasteiger partial charge is 0.493 e. The van der Waals surface area contributed by atoms with Gasteiger partial charge in [0.05, 0.1) is 31.6 Å². The number of fused-ring (bicyclic) bond motifs is 1. The van der Waals surface area contributed by atoms with Crippen LogP contribution in [0, 0.1) is 5.92 Å². The highest BCUT2D eigenvalue weighted by molar-refractivity contribution is 6.31. The zero-order valence-corrected chi connectivity index (χ0v) is 17.8. The predicted octanol–water partition coefficient (Wildman–Crippen LogP) is 4.95. The smallest absolute Gasteiger partial charge is 0.161 e. The van der Waals surface area contributed by atoms with Crippen LogP contribution in [0.15, 0.2) is 30.3 Å². The fourth-order valence-electron chi connectivity index (χ4n) is 3.73. The molecule has 0 bridgehead atoms. The topological polar surface area (TPSA) is 59.8 Å². The Morgan fingerprint density at radius 2 is 1.93 bits per heavy atom. The number of nitrogens with two attached hydrogens (primary N) is 1. The number of benzene rings is 2. The van der Waals surface area contributed by atoms with E-state index in [1.54, 1.807) is 14.2 Å². The Hall–Kier alpha value is -2.11. The Bertz CT molecular complexity index is 826. The lowest BCUT2D eigenvalue weighted by molar-refractivity contribution is 0.189. The first-order valence-electron chi connectivity index (χ1n) is 9.70. The molecule has 0 amide bonds. The predicted molar refractivity (Wildman–Crippen MR) is 117 cm³/mol. The summed E-state index contributed by atoms with van der Waals surface area (Å²) in [7, 11) is 3.32. The van der Waals surface area contributed by atoms with Crippen LogP contribution in [-0.2, 0) is 6.54 Å². The van der Waals surface area contributed by atoms with E-state index in [-0.39, 0.29) is 6.04 Å². The van der Waals surface area contributed by atoms with Crippen LogP contribution in [0.4, 0.5) is 11.4 Å². The van der Waals surface area contributed by atoms with Crippen molar-refractivity contribution in [1.29, 1.82) is 0 Å². The second-order valence-electron chi connectivity index (χ2n) is 7.69. The van der Waals surface area contributed by atoms with Crippen molar-refractivity contribution in [2.45, 2.75) is 32.9 Å². The van der Waals surface area contributed by atoms with Crippen molar-refractivity contribution in [3.05, 3.63) is 46.5 Å².